The van der Waals surface area contributed by atoms with Crippen LogP contribution in [0.4, 0.5) is 11.4 Å². The highest BCUT2D eigenvalue weighted by Crippen LogP contribution is 2.36. The predicted molar refractivity (Wildman–Crippen MR) is 154 cm³/mol. The number of nitriles is 1. The van der Waals surface area contributed by atoms with Gasteiger partial charge in [-0.25, -0.2) is 0 Å². The molecule has 9 heteroatoms. The van der Waals surface area contributed by atoms with Crippen molar-refractivity contribution in [1.29, 1.82) is 5.26 Å². The number of amides is 1. The molecule has 1 N–H and O–H groups in total. The third-order valence-corrected chi connectivity index (χ3v) is 6.40. The highest BCUT2D eigenvalue weighted by Gasteiger charge is 2.16. The Balaban J connectivity index is 1.57. The fraction of sp³-hybridized carbons (Fsp3) is 0.103. The third kappa shape index (κ3) is 6.27. The van der Waals surface area contributed by atoms with Crippen molar-refractivity contribution >= 4 is 56.7 Å². The van der Waals surface area contributed by atoms with Crippen molar-refractivity contribution in [2.75, 3.05) is 11.9 Å². The first-order chi connectivity index (χ1) is 18.4. The Morgan fingerprint density at radius 1 is 1.08 bits per heavy atom. The van der Waals surface area contributed by atoms with Gasteiger partial charge in [0.25, 0.3) is 11.6 Å². The number of rotatable bonds is 9. The molecule has 8 nitrogen and oxygen atoms in total. The van der Waals surface area contributed by atoms with Gasteiger partial charge in [-0.2, -0.15) is 5.26 Å². The second-order valence-electron chi connectivity index (χ2n) is 8.12. The number of hydrogen-bond donors (Lipinski definition) is 1. The third-order valence-electron chi connectivity index (χ3n) is 5.60. The van der Waals surface area contributed by atoms with Crippen molar-refractivity contribution in [2.45, 2.75) is 13.5 Å². The molecule has 0 saturated heterocycles. The van der Waals surface area contributed by atoms with Gasteiger partial charge in [0.05, 0.1) is 15.1 Å². The first-order valence-electron chi connectivity index (χ1n) is 11.6. The van der Waals surface area contributed by atoms with Crippen LogP contribution < -0.4 is 14.8 Å². The van der Waals surface area contributed by atoms with Gasteiger partial charge in [0.2, 0.25) is 0 Å². The van der Waals surface area contributed by atoms with Crippen LogP contribution >= 0.6 is 22.6 Å². The van der Waals surface area contributed by atoms with Crippen molar-refractivity contribution in [1.82, 2.24) is 0 Å². The standard InChI is InChI=1S/C29H22IN3O5/c1-2-37-27-16-19(14-22(17-31)29(34)32-23-10-12-24(13-11-23)33(35)36)15-26(30)28(27)38-18-21-8-5-7-20-6-3-4-9-25(20)21/h3-16H,2,18H2,1H3,(H,32,34)/b22-14-. The molecular weight excluding hydrogens is 597 g/mol. The average Bonchev–Trinajstić information content (AvgIpc) is 2.91. The van der Waals surface area contributed by atoms with E-state index < -0.39 is 10.8 Å². The lowest BCUT2D eigenvalue weighted by molar-refractivity contribution is -0.384. The minimum atomic E-state index is -0.634. The molecule has 4 aromatic rings. The van der Waals surface area contributed by atoms with Crippen LogP contribution in [0.1, 0.15) is 18.1 Å². The van der Waals surface area contributed by atoms with E-state index >= 15 is 0 Å². The largest absolute Gasteiger partial charge is 0.490 e. The highest BCUT2D eigenvalue weighted by atomic mass is 127. The van der Waals surface area contributed by atoms with E-state index in [0.717, 1.165) is 19.9 Å². The molecular formula is C29H22IN3O5. The predicted octanol–water partition coefficient (Wildman–Crippen LogP) is 6.88. The summed E-state index contributed by atoms with van der Waals surface area (Å²) in [6.07, 6.45) is 1.46. The number of halogens is 1. The summed E-state index contributed by atoms with van der Waals surface area (Å²) >= 11 is 2.14. The van der Waals surface area contributed by atoms with E-state index in [1.165, 1.54) is 30.3 Å². The van der Waals surface area contributed by atoms with Gasteiger partial charge < -0.3 is 14.8 Å². The highest BCUT2D eigenvalue weighted by molar-refractivity contribution is 14.1. The molecule has 0 spiro atoms. The van der Waals surface area contributed by atoms with E-state index in [4.69, 9.17) is 9.47 Å². The van der Waals surface area contributed by atoms with Gasteiger partial charge >= 0.3 is 0 Å². The molecule has 0 saturated carbocycles. The number of anilines is 1. The molecule has 0 radical (unpaired) electrons. The zero-order valence-corrected chi connectivity index (χ0v) is 22.5. The van der Waals surface area contributed by atoms with Crippen LogP contribution in [-0.2, 0) is 11.4 Å². The Morgan fingerprint density at radius 2 is 1.82 bits per heavy atom. The molecule has 4 rings (SSSR count). The van der Waals surface area contributed by atoms with Gasteiger partial charge in [-0.1, -0.05) is 42.5 Å². The first-order valence-corrected chi connectivity index (χ1v) is 12.7. The van der Waals surface area contributed by atoms with Gasteiger partial charge in [0.15, 0.2) is 11.5 Å². The molecule has 0 unspecified atom stereocenters. The van der Waals surface area contributed by atoms with Gasteiger partial charge in [0, 0.05) is 17.8 Å². The minimum absolute atomic E-state index is 0.0974. The maximum atomic E-state index is 12.7. The fourth-order valence-corrected chi connectivity index (χ4v) is 4.60. The molecule has 4 aromatic carbocycles. The number of non-ortho nitro benzene ring substituents is 1. The summed E-state index contributed by atoms with van der Waals surface area (Å²) < 4.78 is 12.8. The zero-order valence-electron chi connectivity index (χ0n) is 20.3. The summed E-state index contributed by atoms with van der Waals surface area (Å²) in [5.74, 6) is 0.441. The number of ether oxygens (including phenoxy) is 2. The summed E-state index contributed by atoms with van der Waals surface area (Å²) in [6.45, 7) is 2.61. The molecule has 0 bridgehead atoms. The lowest BCUT2D eigenvalue weighted by atomic mass is 10.1. The smallest absolute Gasteiger partial charge is 0.269 e. The maximum absolute atomic E-state index is 12.7. The Kier molecular flexibility index (Phi) is 8.55. The zero-order chi connectivity index (χ0) is 27.1. The average molecular weight is 619 g/mol. The maximum Gasteiger partial charge on any atom is 0.269 e. The Hall–Kier alpha value is -4.43. The topological polar surface area (TPSA) is 114 Å². The molecule has 0 atom stereocenters. The fourth-order valence-electron chi connectivity index (χ4n) is 3.82. The van der Waals surface area contributed by atoms with Crippen LogP contribution in [0.25, 0.3) is 16.8 Å². The summed E-state index contributed by atoms with van der Waals surface area (Å²) in [7, 11) is 0. The van der Waals surface area contributed by atoms with E-state index in [2.05, 4.69) is 46.1 Å². The van der Waals surface area contributed by atoms with Gasteiger partial charge in [0.1, 0.15) is 18.2 Å². The van der Waals surface area contributed by atoms with E-state index in [0.29, 0.717) is 36.0 Å². The molecule has 190 valence electrons. The van der Waals surface area contributed by atoms with Crippen LogP contribution in [0.15, 0.2) is 84.4 Å². The van der Waals surface area contributed by atoms with Gasteiger partial charge in [-0.05, 0) is 81.8 Å². The molecule has 0 aliphatic heterocycles. The monoisotopic (exact) mass is 619 g/mol. The summed E-state index contributed by atoms with van der Waals surface area (Å²) in [6, 6.07) is 25.0. The number of fused-ring (bicyclic) bond motifs is 1. The van der Waals surface area contributed by atoms with Crippen molar-refractivity contribution in [2.24, 2.45) is 0 Å². The normalized spacial score (nSPS) is 11.0. The van der Waals surface area contributed by atoms with E-state index in [9.17, 15) is 20.2 Å². The van der Waals surface area contributed by atoms with Crippen LogP contribution in [0, 0.1) is 25.0 Å². The van der Waals surface area contributed by atoms with Crippen molar-refractivity contribution in [3.05, 3.63) is 109 Å². The van der Waals surface area contributed by atoms with E-state index in [1.807, 2.05) is 37.3 Å². The number of nitro groups is 1. The van der Waals surface area contributed by atoms with Gasteiger partial charge in [-0.3, -0.25) is 14.9 Å². The van der Waals surface area contributed by atoms with Crippen LogP contribution in [0.2, 0.25) is 0 Å². The molecule has 0 fully saturated rings. The number of benzene rings is 4. The molecule has 0 aliphatic carbocycles. The summed E-state index contributed by atoms with van der Waals surface area (Å²) in [4.78, 5) is 23.0. The summed E-state index contributed by atoms with van der Waals surface area (Å²) in [5.41, 5.74) is 1.74. The Labute approximate surface area is 232 Å². The lowest BCUT2D eigenvalue weighted by Gasteiger charge is -2.16. The van der Waals surface area contributed by atoms with E-state index in [1.54, 1.807) is 12.1 Å². The second kappa shape index (κ2) is 12.2. The number of carbonyl (C=O) groups excluding carboxylic acids is 1. The molecule has 0 heterocycles. The SMILES string of the molecule is CCOc1cc(/C=C(/C#N)C(=O)Nc2ccc([N+](=O)[O-])cc2)cc(I)c1OCc1cccc2ccccc12. The van der Waals surface area contributed by atoms with Crippen LogP contribution in [0.5, 0.6) is 11.5 Å². The van der Waals surface area contributed by atoms with Crippen molar-refractivity contribution in [3.8, 4) is 17.6 Å². The van der Waals surface area contributed by atoms with Gasteiger partial charge in [-0.15, -0.1) is 0 Å². The number of carbonyl (C=O) groups is 1. The molecule has 38 heavy (non-hydrogen) atoms. The minimum Gasteiger partial charge on any atom is -0.490 e. The number of nitrogens with one attached hydrogen (secondary N) is 1. The quantitative estimate of drug-likeness (QED) is 0.0719. The van der Waals surface area contributed by atoms with Crippen LogP contribution in [-0.4, -0.2) is 17.4 Å². The second-order valence-corrected chi connectivity index (χ2v) is 9.28. The Morgan fingerprint density at radius 3 is 2.53 bits per heavy atom. The lowest BCUT2D eigenvalue weighted by Crippen LogP contribution is -2.13. The van der Waals surface area contributed by atoms with Crippen molar-refractivity contribution < 1.29 is 19.2 Å². The molecule has 0 aromatic heterocycles. The number of nitrogens with zero attached hydrogens (tertiary/aromatic N) is 2. The number of hydrogen-bond acceptors (Lipinski definition) is 6. The molecule has 1 amide bonds. The Bertz CT molecular complexity index is 1570. The summed E-state index contributed by atoms with van der Waals surface area (Å²) in [5, 5.41) is 25.3. The van der Waals surface area contributed by atoms with Crippen molar-refractivity contribution in [3.63, 3.8) is 0 Å². The van der Waals surface area contributed by atoms with Crippen LogP contribution in [0.3, 0.4) is 0 Å². The van der Waals surface area contributed by atoms with E-state index in [-0.39, 0.29) is 11.3 Å². The molecule has 0 aliphatic rings. The number of nitro benzene ring substituents is 1. The first kappa shape index (κ1) is 26.6.